The molecule has 2 aromatic carbocycles. The van der Waals surface area contributed by atoms with Crippen molar-refractivity contribution in [3.05, 3.63) is 78.4 Å². The average Bonchev–Trinajstić information content (AvgIpc) is 3.45. The smallest absolute Gasteiger partial charge is 0.318 e. The summed E-state index contributed by atoms with van der Waals surface area (Å²) >= 11 is 0. The van der Waals surface area contributed by atoms with E-state index < -0.39 is 0 Å². The summed E-state index contributed by atoms with van der Waals surface area (Å²) in [6.45, 7) is 3.87. The van der Waals surface area contributed by atoms with Crippen LogP contribution in [0.1, 0.15) is 36.9 Å². The van der Waals surface area contributed by atoms with Gasteiger partial charge < -0.3 is 19.5 Å². The fourth-order valence-electron chi connectivity index (χ4n) is 3.90. The minimum atomic E-state index is -0.0261. The van der Waals surface area contributed by atoms with Crippen LogP contribution >= 0.6 is 0 Å². The predicted octanol–water partition coefficient (Wildman–Crippen LogP) is 4.32. The number of imidazole rings is 1. The van der Waals surface area contributed by atoms with Gasteiger partial charge in [-0.2, -0.15) is 0 Å². The SMILES string of the molecule is CCOc1ccc(C2CCCN2C(=O)NCc2ccccc2-n2ccnc2)cc1. The summed E-state index contributed by atoms with van der Waals surface area (Å²) in [5.74, 6) is 0.862. The number of nitrogens with one attached hydrogen (secondary N) is 1. The number of hydrogen-bond acceptors (Lipinski definition) is 3. The van der Waals surface area contributed by atoms with Crippen LogP contribution in [0.15, 0.2) is 67.3 Å². The molecule has 1 N–H and O–H groups in total. The number of amides is 2. The van der Waals surface area contributed by atoms with Gasteiger partial charge in [0.15, 0.2) is 0 Å². The minimum absolute atomic E-state index is 0.0261. The number of urea groups is 1. The Hall–Kier alpha value is -3.28. The highest BCUT2D eigenvalue weighted by Gasteiger charge is 2.29. The van der Waals surface area contributed by atoms with Gasteiger partial charge in [-0.05, 0) is 49.1 Å². The van der Waals surface area contributed by atoms with Crippen molar-refractivity contribution in [3.8, 4) is 11.4 Å². The Bertz CT molecular complexity index is 938. The van der Waals surface area contributed by atoms with Crippen LogP contribution in [0, 0.1) is 0 Å². The van der Waals surface area contributed by atoms with Crippen molar-refractivity contribution in [1.82, 2.24) is 19.8 Å². The number of rotatable bonds is 6. The zero-order valence-electron chi connectivity index (χ0n) is 16.6. The number of aromatic nitrogens is 2. The first-order valence-electron chi connectivity index (χ1n) is 10.1. The van der Waals surface area contributed by atoms with Gasteiger partial charge >= 0.3 is 6.03 Å². The molecular weight excluding hydrogens is 364 g/mol. The fraction of sp³-hybridized carbons (Fsp3) is 0.304. The van der Waals surface area contributed by atoms with E-state index in [1.165, 1.54) is 0 Å². The van der Waals surface area contributed by atoms with Crippen molar-refractivity contribution in [2.45, 2.75) is 32.4 Å². The summed E-state index contributed by atoms with van der Waals surface area (Å²) in [7, 11) is 0. The largest absolute Gasteiger partial charge is 0.494 e. The lowest BCUT2D eigenvalue weighted by Crippen LogP contribution is -2.39. The standard InChI is InChI=1S/C23H26N4O2/c1-2-29-20-11-9-18(10-12-20)22-8-5-14-27(22)23(28)25-16-19-6-3-4-7-21(19)26-15-13-24-17-26/h3-4,6-7,9-13,15,17,22H,2,5,8,14,16H2,1H3,(H,25,28). The number of hydrogen-bond donors (Lipinski definition) is 1. The van der Waals surface area contributed by atoms with Gasteiger partial charge in [-0.3, -0.25) is 0 Å². The van der Waals surface area contributed by atoms with E-state index in [4.69, 9.17) is 4.74 Å². The van der Waals surface area contributed by atoms with Gasteiger partial charge in [-0.15, -0.1) is 0 Å². The van der Waals surface area contributed by atoms with Crippen LogP contribution in [-0.4, -0.2) is 33.6 Å². The van der Waals surface area contributed by atoms with Crippen molar-refractivity contribution in [2.24, 2.45) is 0 Å². The lowest BCUT2D eigenvalue weighted by molar-refractivity contribution is 0.192. The van der Waals surface area contributed by atoms with Crippen LogP contribution in [0.5, 0.6) is 5.75 Å². The number of nitrogens with zero attached hydrogens (tertiary/aromatic N) is 3. The molecule has 0 saturated carbocycles. The van der Waals surface area contributed by atoms with Gasteiger partial charge in [0.1, 0.15) is 5.75 Å². The van der Waals surface area contributed by atoms with Crippen molar-refractivity contribution < 1.29 is 9.53 Å². The molecule has 0 bridgehead atoms. The van der Waals surface area contributed by atoms with Crippen LogP contribution in [0.25, 0.3) is 5.69 Å². The Balaban J connectivity index is 1.43. The summed E-state index contributed by atoms with van der Waals surface area (Å²) < 4.78 is 7.49. The highest BCUT2D eigenvalue weighted by atomic mass is 16.5. The highest BCUT2D eigenvalue weighted by Crippen LogP contribution is 2.32. The zero-order valence-corrected chi connectivity index (χ0v) is 16.6. The van der Waals surface area contributed by atoms with E-state index in [0.717, 1.165) is 42.0 Å². The van der Waals surface area contributed by atoms with E-state index in [2.05, 4.69) is 22.4 Å². The van der Waals surface area contributed by atoms with Crippen LogP contribution in [0.4, 0.5) is 4.79 Å². The van der Waals surface area contributed by atoms with Crippen molar-refractivity contribution >= 4 is 6.03 Å². The first-order chi connectivity index (χ1) is 14.3. The molecule has 0 radical (unpaired) electrons. The van der Waals surface area contributed by atoms with Gasteiger partial charge in [0.25, 0.3) is 0 Å². The lowest BCUT2D eigenvalue weighted by Gasteiger charge is -2.26. The number of para-hydroxylation sites is 1. The molecule has 1 aliphatic rings. The molecular formula is C23H26N4O2. The van der Waals surface area contributed by atoms with Gasteiger partial charge in [0, 0.05) is 25.5 Å². The summed E-state index contributed by atoms with van der Waals surface area (Å²) in [5.41, 5.74) is 3.23. The molecule has 6 heteroatoms. The third kappa shape index (κ3) is 4.26. The van der Waals surface area contributed by atoms with E-state index >= 15 is 0 Å². The molecule has 0 spiro atoms. The lowest BCUT2D eigenvalue weighted by atomic mass is 10.0. The maximum Gasteiger partial charge on any atom is 0.318 e. The number of carbonyl (C=O) groups is 1. The van der Waals surface area contributed by atoms with E-state index in [-0.39, 0.29) is 12.1 Å². The molecule has 1 aromatic heterocycles. The van der Waals surface area contributed by atoms with Gasteiger partial charge in [-0.25, -0.2) is 9.78 Å². The molecule has 3 aromatic rings. The molecule has 1 atom stereocenters. The summed E-state index contributed by atoms with van der Waals surface area (Å²) in [4.78, 5) is 19.0. The first-order valence-corrected chi connectivity index (χ1v) is 10.1. The first kappa shape index (κ1) is 19.1. The van der Waals surface area contributed by atoms with Crippen LogP contribution < -0.4 is 10.1 Å². The number of likely N-dealkylation sites (tertiary alicyclic amines) is 1. The molecule has 0 aliphatic carbocycles. The fourth-order valence-corrected chi connectivity index (χ4v) is 3.90. The topological polar surface area (TPSA) is 59.4 Å². The average molecular weight is 390 g/mol. The van der Waals surface area contributed by atoms with Crippen LogP contribution in [0.2, 0.25) is 0 Å². The van der Waals surface area contributed by atoms with E-state index in [1.807, 2.05) is 59.0 Å². The molecule has 4 rings (SSSR count). The monoisotopic (exact) mass is 390 g/mol. The van der Waals surface area contributed by atoms with Crippen LogP contribution in [0.3, 0.4) is 0 Å². The maximum absolute atomic E-state index is 12.9. The third-order valence-corrected chi connectivity index (χ3v) is 5.29. The third-order valence-electron chi connectivity index (χ3n) is 5.29. The Morgan fingerprint density at radius 2 is 2.03 bits per heavy atom. The summed E-state index contributed by atoms with van der Waals surface area (Å²) in [5, 5.41) is 3.10. The molecule has 1 aliphatic heterocycles. The number of benzene rings is 2. The molecule has 6 nitrogen and oxygen atoms in total. The molecule has 1 saturated heterocycles. The molecule has 150 valence electrons. The van der Waals surface area contributed by atoms with Crippen molar-refractivity contribution in [1.29, 1.82) is 0 Å². The zero-order chi connectivity index (χ0) is 20.1. The Morgan fingerprint density at radius 3 is 2.79 bits per heavy atom. The minimum Gasteiger partial charge on any atom is -0.494 e. The predicted molar refractivity (Wildman–Crippen MR) is 112 cm³/mol. The van der Waals surface area contributed by atoms with Gasteiger partial charge in [-0.1, -0.05) is 30.3 Å². The molecule has 2 amide bonds. The number of carbonyl (C=O) groups excluding carboxylic acids is 1. The van der Waals surface area contributed by atoms with E-state index in [1.54, 1.807) is 12.5 Å². The van der Waals surface area contributed by atoms with Crippen molar-refractivity contribution in [2.75, 3.05) is 13.2 Å². The van der Waals surface area contributed by atoms with Gasteiger partial charge in [0.2, 0.25) is 0 Å². The Morgan fingerprint density at radius 1 is 1.21 bits per heavy atom. The second-order valence-electron chi connectivity index (χ2n) is 7.11. The second-order valence-corrected chi connectivity index (χ2v) is 7.11. The Kier molecular flexibility index (Phi) is 5.79. The molecule has 2 heterocycles. The normalized spacial score (nSPS) is 16.0. The Labute approximate surface area is 171 Å². The summed E-state index contributed by atoms with van der Waals surface area (Å²) in [6.07, 6.45) is 7.41. The molecule has 1 unspecified atom stereocenters. The second kappa shape index (κ2) is 8.82. The number of ether oxygens (including phenoxy) is 1. The maximum atomic E-state index is 12.9. The van der Waals surface area contributed by atoms with E-state index in [0.29, 0.717) is 13.2 Å². The van der Waals surface area contributed by atoms with Crippen molar-refractivity contribution in [3.63, 3.8) is 0 Å². The van der Waals surface area contributed by atoms with E-state index in [9.17, 15) is 4.79 Å². The quantitative estimate of drug-likeness (QED) is 0.682. The molecule has 29 heavy (non-hydrogen) atoms. The highest BCUT2D eigenvalue weighted by molar-refractivity contribution is 5.75. The van der Waals surface area contributed by atoms with Gasteiger partial charge in [0.05, 0.1) is 24.7 Å². The van der Waals surface area contributed by atoms with Crippen LogP contribution in [-0.2, 0) is 6.54 Å². The molecule has 1 fully saturated rings. The summed E-state index contributed by atoms with van der Waals surface area (Å²) in [6, 6.07) is 16.2.